The molecule has 2 N–H and O–H groups in total. The zero-order valence-electron chi connectivity index (χ0n) is 12.5. The molecule has 126 valence electrons. The van der Waals surface area contributed by atoms with Crippen molar-refractivity contribution in [2.45, 2.75) is 13.0 Å². The number of rotatable bonds is 4. The van der Waals surface area contributed by atoms with E-state index < -0.39 is 40.9 Å². The van der Waals surface area contributed by atoms with Crippen molar-refractivity contribution in [1.82, 2.24) is 10.9 Å². The van der Waals surface area contributed by atoms with Gasteiger partial charge in [0.25, 0.3) is 11.8 Å². The summed E-state index contributed by atoms with van der Waals surface area (Å²) in [7, 11) is 0. The number of benzene rings is 2. The van der Waals surface area contributed by atoms with Gasteiger partial charge in [0, 0.05) is 0 Å². The van der Waals surface area contributed by atoms with E-state index in [1.807, 2.05) is 10.9 Å². The van der Waals surface area contributed by atoms with E-state index in [0.717, 1.165) is 24.3 Å². The summed E-state index contributed by atoms with van der Waals surface area (Å²) < 4.78 is 44.5. The molecule has 24 heavy (non-hydrogen) atoms. The highest BCUT2D eigenvalue weighted by Gasteiger charge is 2.17. The monoisotopic (exact) mass is 338 g/mol. The average Bonchev–Trinajstić information content (AvgIpc) is 2.56. The predicted octanol–water partition coefficient (Wildman–Crippen LogP) is 2.33. The summed E-state index contributed by atoms with van der Waals surface area (Å²) in [6, 6.07) is 7.35. The Morgan fingerprint density at radius 2 is 1.58 bits per heavy atom. The molecule has 0 aliphatic carbocycles. The fraction of sp³-hybridized carbons (Fsp3) is 0.125. The van der Waals surface area contributed by atoms with Gasteiger partial charge in [-0.1, -0.05) is 0 Å². The van der Waals surface area contributed by atoms with E-state index in [0.29, 0.717) is 6.07 Å². The molecule has 0 saturated carbocycles. The molecule has 1 atom stereocenters. The van der Waals surface area contributed by atoms with Crippen molar-refractivity contribution in [3.8, 4) is 5.75 Å². The van der Waals surface area contributed by atoms with Crippen LogP contribution < -0.4 is 15.6 Å². The van der Waals surface area contributed by atoms with Gasteiger partial charge >= 0.3 is 0 Å². The summed E-state index contributed by atoms with van der Waals surface area (Å²) in [5.41, 5.74) is 3.44. The molecule has 0 aromatic heterocycles. The summed E-state index contributed by atoms with van der Waals surface area (Å²) in [5.74, 6) is -3.68. The Labute approximate surface area is 135 Å². The van der Waals surface area contributed by atoms with Crippen LogP contribution in [-0.4, -0.2) is 17.9 Å². The number of hydrogen-bond acceptors (Lipinski definition) is 3. The molecule has 0 fully saturated rings. The molecule has 5 nitrogen and oxygen atoms in total. The van der Waals surface area contributed by atoms with Crippen LogP contribution in [0.15, 0.2) is 42.5 Å². The molecular weight excluding hydrogens is 325 g/mol. The van der Waals surface area contributed by atoms with E-state index in [2.05, 4.69) is 0 Å². The Morgan fingerprint density at radius 1 is 0.958 bits per heavy atom. The number of nitrogens with one attached hydrogen (secondary N) is 2. The first-order valence-corrected chi connectivity index (χ1v) is 6.84. The second-order valence-corrected chi connectivity index (χ2v) is 4.78. The lowest BCUT2D eigenvalue weighted by molar-refractivity contribution is -0.128. The van der Waals surface area contributed by atoms with Crippen molar-refractivity contribution in [3.05, 3.63) is 65.5 Å². The SMILES string of the molecule is CC(Oc1ccc(F)cc1)C(=O)NNC(=O)c1cc(F)ccc1F. The van der Waals surface area contributed by atoms with Crippen molar-refractivity contribution >= 4 is 11.8 Å². The molecule has 0 radical (unpaired) electrons. The van der Waals surface area contributed by atoms with Gasteiger partial charge in [-0.15, -0.1) is 0 Å². The van der Waals surface area contributed by atoms with Crippen molar-refractivity contribution in [2.75, 3.05) is 0 Å². The topological polar surface area (TPSA) is 67.4 Å². The standard InChI is InChI=1S/C16H13F3N2O3/c1-9(24-12-5-2-10(17)3-6-12)15(22)20-21-16(23)13-8-11(18)4-7-14(13)19/h2-9H,1H3,(H,20,22)(H,21,23). The highest BCUT2D eigenvalue weighted by atomic mass is 19.1. The molecule has 0 saturated heterocycles. The molecule has 2 amide bonds. The van der Waals surface area contributed by atoms with Crippen molar-refractivity contribution in [3.63, 3.8) is 0 Å². The van der Waals surface area contributed by atoms with Crippen LogP contribution in [0.25, 0.3) is 0 Å². The highest BCUT2D eigenvalue weighted by molar-refractivity contribution is 5.96. The molecule has 0 spiro atoms. The molecular formula is C16H13F3N2O3. The largest absolute Gasteiger partial charge is 0.481 e. The number of carbonyl (C=O) groups excluding carboxylic acids is 2. The molecule has 0 heterocycles. The molecule has 0 bridgehead atoms. The van der Waals surface area contributed by atoms with Gasteiger partial charge in [-0.05, 0) is 49.4 Å². The van der Waals surface area contributed by atoms with Gasteiger partial charge in [-0.25, -0.2) is 13.2 Å². The summed E-state index contributed by atoms with van der Waals surface area (Å²) in [6.07, 6.45) is -1.02. The van der Waals surface area contributed by atoms with E-state index in [-0.39, 0.29) is 5.75 Å². The lowest BCUT2D eigenvalue weighted by Gasteiger charge is -2.15. The third-order valence-electron chi connectivity index (χ3n) is 2.97. The molecule has 2 rings (SSSR count). The maximum atomic E-state index is 13.4. The Morgan fingerprint density at radius 3 is 2.25 bits per heavy atom. The van der Waals surface area contributed by atoms with E-state index in [9.17, 15) is 22.8 Å². The fourth-order valence-electron chi connectivity index (χ4n) is 1.73. The summed E-state index contributed by atoms with van der Waals surface area (Å²) in [6.45, 7) is 1.40. The van der Waals surface area contributed by atoms with Gasteiger partial charge in [-0.3, -0.25) is 20.4 Å². The third-order valence-corrected chi connectivity index (χ3v) is 2.97. The maximum Gasteiger partial charge on any atom is 0.279 e. The Bertz CT molecular complexity index is 751. The first-order chi connectivity index (χ1) is 11.4. The van der Waals surface area contributed by atoms with Gasteiger partial charge in [0.1, 0.15) is 23.2 Å². The molecule has 8 heteroatoms. The van der Waals surface area contributed by atoms with Gasteiger partial charge in [0.05, 0.1) is 5.56 Å². The quantitative estimate of drug-likeness (QED) is 0.841. The van der Waals surface area contributed by atoms with Crippen LogP contribution in [0.4, 0.5) is 13.2 Å². The minimum atomic E-state index is -1.02. The van der Waals surface area contributed by atoms with Crippen LogP contribution in [0.1, 0.15) is 17.3 Å². The van der Waals surface area contributed by atoms with Gasteiger partial charge in [0.15, 0.2) is 6.10 Å². The van der Waals surface area contributed by atoms with Gasteiger partial charge in [0.2, 0.25) is 0 Å². The summed E-state index contributed by atoms with van der Waals surface area (Å²) in [5, 5.41) is 0. The zero-order chi connectivity index (χ0) is 17.7. The zero-order valence-corrected chi connectivity index (χ0v) is 12.5. The Balaban J connectivity index is 1.91. The van der Waals surface area contributed by atoms with Crippen LogP contribution in [0.2, 0.25) is 0 Å². The first kappa shape index (κ1) is 17.3. The van der Waals surface area contributed by atoms with E-state index >= 15 is 0 Å². The highest BCUT2D eigenvalue weighted by Crippen LogP contribution is 2.13. The van der Waals surface area contributed by atoms with E-state index in [4.69, 9.17) is 4.74 Å². The van der Waals surface area contributed by atoms with Gasteiger partial charge < -0.3 is 4.74 Å². The number of ether oxygens (including phenoxy) is 1. The number of hydrogen-bond donors (Lipinski definition) is 2. The number of halogens is 3. The smallest absolute Gasteiger partial charge is 0.279 e. The summed E-state index contributed by atoms with van der Waals surface area (Å²) in [4.78, 5) is 23.5. The second-order valence-electron chi connectivity index (χ2n) is 4.78. The molecule has 2 aromatic carbocycles. The van der Waals surface area contributed by atoms with Crippen LogP contribution in [0, 0.1) is 17.5 Å². The molecule has 0 aliphatic heterocycles. The Kier molecular flexibility index (Phi) is 5.41. The maximum absolute atomic E-state index is 13.4. The predicted molar refractivity (Wildman–Crippen MR) is 78.5 cm³/mol. The first-order valence-electron chi connectivity index (χ1n) is 6.84. The minimum absolute atomic E-state index is 0.251. The second kappa shape index (κ2) is 7.49. The molecule has 2 aromatic rings. The Hall–Kier alpha value is -3.03. The van der Waals surface area contributed by atoms with Crippen molar-refractivity contribution in [2.24, 2.45) is 0 Å². The van der Waals surface area contributed by atoms with E-state index in [1.54, 1.807) is 0 Å². The summed E-state index contributed by atoms with van der Waals surface area (Å²) >= 11 is 0. The lowest BCUT2D eigenvalue weighted by Crippen LogP contribution is -2.47. The van der Waals surface area contributed by atoms with Gasteiger partial charge in [-0.2, -0.15) is 0 Å². The van der Waals surface area contributed by atoms with Crippen LogP contribution in [0.3, 0.4) is 0 Å². The van der Waals surface area contributed by atoms with Crippen LogP contribution in [-0.2, 0) is 4.79 Å². The normalized spacial score (nSPS) is 11.5. The van der Waals surface area contributed by atoms with Crippen molar-refractivity contribution < 1.29 is 27.5 Å². The van der Waals surface area contributed by atoms with Crippen LogP contribution in [0.5, 0.6) is 5.75 Å². The average molecular weight is 338 g/mol. The molecule has 1 unspecified atom stereocenters. The van der Waals surface area contributed by atoms with Crippen molar-refractivity contribution in [1.29, 1.82) is 0 Å². The molecule has 0 aliphatic rings. The van der Waals surface area contributed by atoms with Crippen LogP contribution >= 0.6 is 0 Å². The minimum Gasteiger partial charge on any atom is -0.481 e. The third kappa shape index (κ3) is 4.48. The lowest BCUT2D eigenvalue weighted by atomic mass is 10.2. The van der Waals surface area contributed by atoms with E-state index in [1.165, 1.54) is 19.1 Å². The number of amides is 2. The number of carbonyl (C=O) groups is 2. The fourth-order valence-corrected chi connectivity index (χ4v) is 1.73. The number of hydrazine groups is 1.